The van der Waals surface area contributed by atoms with Crippen LogP contribution >= 0.6 is 0 Å². The Morgan fingerprint density at radius 1 is 1.38 bits per heavy atom. The fraction of sp³-hybridized carbons (Fsp3) is 0.538. The number of aromatic nitrogens is 1. The van der Waals surface area contributed by atoms with Gasteiger partial charge in [0.15, 0.2) is 0 Å². The average Bonchev–Trinajstić information content (AvgIpc) is 2.38. The first-order valence-electron chi connectivity index (χ1n) is 5.93. The smallest absolute Gasteiger partial charge is 0.102 e. The Bertz CT molecular complexity index is 349. The molecule has 0 amide bonds. The van der Waals surface area contributed by atoms with Crippen LogP contribution in [0.2, 0.25) is 0 Å². The van der Waals surface area contributed by atoms with E-state index in [9.17, 15) is 5.26 Å². The molecule has 1 aliphatic heterocycles. The van der Waals surface area contributed by atoms with Crippen LogP contribution in [0.15, 0.2) is 24.5 Å². The third-order valence-electron chi connectivity index (χ3n) is 3.13. The van der Waals surface area contributed by atoms with Crippen molar-refractivity contribution in [3.63, 3.8) is 0 Å². The zero-order chi connectivity index (χ0) is 11.2. The van der Waals surface area contributed by atoms with Crippen molar-refractivity contribution in [2.24, 2.45) is 0 Å². The average molecular weight is 215 g/mol. The number of piperidine rings is 1. The summed E-state index contributed by atoms with van der Waals surface area (Å²) >= 11 is 0. The molecule has 2 heterocycles. The quantitative estimate of drug-likeness (QED) is 0.774. The van der Waals surface area contributed by atoms with Crippen LogP contribution in [0.4, 0.5) is 0 Å². The summed E-state index contributed by atoms with van der Waals surface area (Å²) in [4.78, 5) is 6.39. The molecule has 0 spiro atoms. The highest BCUT2D eigenvalue weighted by atomic mass is 15.2. The Labute approximate surface area is 96.7 Å². The van der Waals surface area contributed by atoms with Gasteiger partial charge in [0.1, 0.15) is 6.04 Å². The van der Waals surface area contributed by atoms with Gasteiger partial charge in [-0.1, -0.05) is 12.5 Å². The van der Waals surface area contributed by atoms with Crippen LogP contribution in [0.3, 0.4) is 0 Å². The molecular formula is C13H17N3. The van der Waals surface area contributed by atoms with Crippen LogP contribution < -0.4 is 0 Å². The largest absolute Gasteiger partial charge is 0.288 e. The van der Waals surface area contributed by atoms with Gasteiger partial charge >= 0.3 is 0 Å². The number of pyridine rings is 1. The number of rotatable bonds is 3. The molecular weight excluding hydrogens is 198 g/mol. The molecule has 1 aliphatic rings. The zero-order valence-corrected chi connectivity index (χ0v) is 9.47. The Morgan fingerprint density at radius 2 is 2.19 bits per heavy atom. The summed E-state index contributed by atoms with van der Waals surface area (Å²) in [6.45, 7) is 2.14. The van der Waals surface area contributed by atoms with Crippen molar-refractivity contribution in [3.8, 4) is 6.07 Å². The van der Waals surface area contributed by atoms with E-state index < -0.39 is 0 Å². The summed E-state index contributed by atoms with van der Waals surface area (Å²) in [5.41, 5.74) is 1.15. The lowest BCUT2D eigenvalue weighted by Crippen LogP contribution is -2.39. The van der Waals surface area contributed by atoms with Gasteiger partial charge in [0.05, 0.1) is 6.07 Å². The van der Waals surface area contributed by atoms with Crippen molar-refractivity contribution < 1.29 is 0 Å². The van der Waals surface area contributed by atoms with Gasteiger partial charge in [-0.3, -0.25) is 9.88 Å². The van der Waals surface area contributed by atoms with E-state index in [1.807, 2.05) is 18.3 Å². The lowest BCUT2D eigenvalue weighted by Gasteiger charge is -2.30. The van der Waals surface area contributed by atoms with Gasteiger partial charge in [-0.25, -0.2) is 0 Å². The van der Waals surface area contributed by atoms with Crippen LogP contribution in [0.25, 0.3) is 0 Å². The molecule has 1 unspecified atom stereocenters. The van der Waals surface area contributed by atoms with Crippen molar-refractivity contribution >= 4 is 0 Å². The third-order valence-corrected chi connectivity index (χ3v) is 3.13. The van der Waals surface area contributed by atoms with Gasteiger partial charge in [-0.05, 0) is 37.6 Å². The highest BCUT2D eigenvalue weighted by Gasteiger charge is 2.20. The van der Waals surface area contributed by atoms with Crippen LogP contribution in [-0.2, 0) is 6.42 Å². The maximum atomic E-state index is 9.23. The molecule has 0 N–H and O–H groups in total. The second kappa shape index (κ2) is 5.62. The first-order valence-corrected chi connectivity index (χ1v) is 5.93. The molecule has 0 aromatic carbocycles. The second-order valence-electron chi connectivity index (χ2n) is 4.31. The maximum Gasteiger partial charge on any atom is 0.102 e. The normalized spacial score (nSPS) is 18.9. The molecule has 1 atom stereocenters. The Balaban J connectivity index is 1.98. The van der Waals surface area contributed by atoms with E-state index in [4.69, 9.17) is 0 Å². The van der Waals surface area contributed by atoms with E-state index in [1.54, 1.807) is 6.20 Å². The van der Waals surface area contributed by atoms with Crippen LogP contribution in [0, 0.1) is 11.3 Å². The minimum absolute atomic E-state index is 0.0181. The van der Waals surface area contributed by atoms with Crippen molar-refractivity contribution in [2.75, 3.05) is 13.1 Å². The lowest BCUT2D eigenvalue weighted by atomic mass is 10.0. The van der Waals surface area contributed by atoms with Gasteiger partial charge < -0.3 is 0 Å². The van der Waals surface area contributed by atoms with E-state index in [0.717, 1.165) is 25.1 Å². The molecule has 1 saturated heterocycles. The molecule has 0 aliphatic carbocycles. The summed E-state index contributed by atoms with van der Waals surface area (Å²) in [6, 6.07) is 6.41. The summed E-state index contributed by atoms with van der Waals surface area (Å²) in [5, 5.41) is 9.23. The topological polar surface area (TPSA) is 39.9 Å². The second-order valence-corrected chi connectivity index (χ2v) is 4.31. The van der Waals surface area contributed by atoms with Crippen LogP contribution in [-0.4, -0.2) is 29.0 Å². The van der Waals surface area contributed by atoms with Crippen molar-refractivity contribution in [2.45, 2.75) is 31.7 Å². The summed E-state index contributed by atoms with van der Waals surface area (Å²) in [5.74, 6) is 0. The predicted octanol–water partition coefficient (Wildman–Crippen LogP) is 2.00. The molecule has 3 nitrogen and oxygen atoms in total. The van der Waals surface area contributed by atoms with Crippen molar-refractivity contribution in [1.82, 2.24) is 9.88 Å². The Morgan fingerprint density at radius 3 is 2.81 bits per heavy atom. The number of hydrogen-bond acceptors (Lipinski definition) is 3. The standard InChI is InChI=1S/C13H17N3/c14-10-13(16-7-2-1-3-8-16)9-12-5-4-6-15-11-12/h4-6,11,13H,1-3,7-9H2. The highest BCUT2D eigenvalue weighted by Crippen LogP contribution is 2.14. The molecule has 0 radical (unpaired) electrons. The predicted molar refractivity (Wildman–Crippen MR) is 62.8 cm³/mol. The number of nitriles is 1. The lowest BCUT2D eigenvalue weighted by molar-refractivity contribution is 0.194. The summed E-state index contributed by atoms with van der Waals surface area (Å²) in [7, 11) is 0. The molecule has 1 aromatic heterocycles. The van der Waals surface area contributed by atoms with Crippen molar-refractivity contribution in [1.29, 1.82) is 5.26 Å². The highest BCUT2D eigenvalue weighted by molar-refractivity contribution is 5.13. The van der Waals surface area contributed by atoms with Crippen LogP contribution in [0.5, 0.6) is 0 Å². The molecule has 0 saturated carbocycles. The molecule has 1 fully saturated rings. The molecule has 3 heteroatoms. The minimum Gasteiger partial charge on any atom is -0.288 e. The van der Waals surface area contributed by atoms with Gasteiger partial charge in [0.2, 0.25) is 0 Å². The number of nitrogens with zero attached hydrogens (tertiary/aromatic N) is 3. The maximum absolute atomic E-state index is 9.23. The fourth-order valence-corrected chi connectivity index (χ4v) is 2.23. The summed E-state index contributed by atoms with van der Waals surface area (Å²) in [6.07, 6.45) is 8.18. The van der Waals surface area contributed by atoms with Crippen LogP contribution in [0.1, 0.15) is 24.8 Å². The van der Waals surface area contributed by atoms with E-state index >= 15 is 0 Å². The van der Waals surface area contributed by atoms with E-state index in [0.29, 0.717) is 0 Å². The van der Waals surface area contributed by atoms with Gasteiger partial charge in [0.25, 0.3) is 0 Å². The monoisotopic (exact) mass is 215 g/mol. The minimum atomic E-state index is 0.0181. The Hall–Kier alpha value is -1.40. The SMILES string of the molecule is N#CC(Cc1cccnc1)N1CCCCC1. The number of hydrogen-bond donors (Lipinski definition) is 0. The summed E-state index contributed by atoms with van der Waals surface area (Å²) < 4.78 is 0. The van der Waals surface area contributed by atoms with Crippen molar-refractivity contribution in [3.05, 3.63) is 30.1 Å². The van der Waals surface area contributed by atoms with E-state index in [1.165, 1.54) is 19.3 Å². The van der Waals surface area contributed by atoms with Gasteiger partial charge in [-0.15, -0.1) is 0 Å². The molecule has 1 aromatic rings. The molecule has 16 heavy (non-hydrogen) atoms. The first kappa shape index (κ1) is 11.1. The van der Waals surface area contributed by atoms with E-state index in [-0.39, 0.29) is 6.04 Å². The molecule has 0 bridgehead atoms. The first-order chi connectivity index (χ1) is 7.90. The molecule has 84 valence electrons. The van der Waals surface area contributed by atoms with E-state index in [2.05, 4.69) is 16.0 Å². The molecule has 2 rings (SSSR count). The number of likely N-dealkylation sites (tertiary alicyclic amines) is 1. The van der Waals surface area contributed by atoms with Gasteiger partial charge in [0, 0.05) is 18.8 Å². The Kier molecular flexibility index (Phi) is 3.90. The fourth-order valence-electron chi connectivity index (χ4n) is 2.23. The zero-order valence-electron chi connectivity index (χ0n) is 9.47. The third kappa shape index (κ3) is 2.80. The van der Waals surface area contributed by atoms with Gasteiger partial charge in [-0.2, -0.15) is 5.26 Å².